The van der Waals surface area contributed by atoms with E-state index in [0.29, 0.717) is 23.9 Å². The Kier molecular flexibility index (Phi) is 5.00. The van der Waals surface area contributed by atoms with Crippen LogP contribution in [0, 0.1) is 0 Å². The number of carbonyl (C=O) groups is 1. The quantitative estimate of drug-likeness (QED) is 0.809. The van der Waals surface area contributed by atoms with Gasteiger partial charge in [-0.05, 0) is 24.1 Å². The maximum Gasteiger partial charge on any atom is 0.273 e. The monoisotopic (exact) mass is 331 g/mol. The summed E-state index contributed by atoms with van der Waals surface area (Å²) < 4.78 is 15.9. The van der Waals surface area contributed by atoms with Gasteiger partial charge in [0.15, 0.2) is 17.2 Å². The van der Waals surface area contributed by atoms with Crippen molar-refractivity contribution in [2.45, 2.75) is 38.8 Å². The minimum Gasteiger partial charge on any atom is -0.454 e. The Morgan fingerprint density at radius 3 is 3.04 bits per heavy atom. The molecule has 0 bridgehead atoms. The molecular formula is C17H21N3O4. The van der Waals surface area contributed by atoms with Crippen LogP contribution in [0.3, 0.4) is 0 Å². The summed E-state index contributed by atoms with van der Waals surface area (Å²) in [4.78, 5) is 16.4. The maximum absolute atomic E-state index is 12.2. The van der Waals surface area contributed by atoms with E-state index in [1.54, 1.807) is 0 Å². The molecule has 0 spiro atoms. The summed E-state index contributed by atoms with van der Waals surface area (Å²) in [6.45, 7) is 2.68. The molecule has 7 heteroatoms. The molecule has 3 rings (SSSR count). The molecule has 1 aliphatic heterocycles. The lowest BCUT2D eigenvalue weighted by molar-refractivity contribution is 0.0945. The smallest absolute Gasteiger partial charge is 0.273 e. The number of benzene rings is 1. The number of oxazole rings is 1. The van der Waals surface area contributed by atoms with Gasteiger partial charge in [0.05, 0.1) is 6.04 Å². The Balaban J connectivity index is 1.56. The summed E-state index contributed by atoms with van der Waals surface area (Å²) >= 11 is 0. The Morgan fingerprint density at radius 2 is 2.21 bits per heavy atom. The van der Waals surface area contributed by atoms with Crippen molar-refractivity contribution in [3.05, 3.63) is 41.6 Å². The predicted molar refractivity (Wildman–Crippen MR) is 86.7 cm³/mol. The van der Waals surface area contributed by atoms with Crippen LogP contribution < -0.4 is 20.5 Å². The van der Waals surface area contributed by atoms with E-state index >= 15 is 0 Å². The van der Waals surface area contributed by atoms with Gasteiger partial charge in [-0.1, -0.05) is 25.8 Å². The van der Waals surface area contributed by atoms with E-state index in [-0.39, 0.29) is 24.4 Å². The number of ether oxygens (including phenoxy) is 2. The highest BCUT2D eigenvalue weighted by Crippen LogP contribution is 2.32. The maximum atomic E-state index is 12.2. The second-order valence-corrected chi connectivity index (χ2v) is 5.69. The number of amides is 1. The molecule has 1 aliphatic rings. The minimum atomic E-state index is -0.301. The molecule has 1 aromatic carbocycles. The van der Waals surface area contributed by atoms with Crippen molar-refractivity contribution in [3.8, 4) is 11.5 Å². The highest BCUT2D eigenvalue weighted by molar-refractivity contribution is 5.91. The van der Waals surface area contributed by atoms with E-state index in [1.165, 1.54) is 6.26 Å². The average Bonchev–Trinajstić information content (AvgIpc) is 3.26. The van der Waals surface area contributed by atoms with Crippen LogP contribution in [0.5, 0.6) is 11.5 Å². The summed E-state index contributed by atoms with van der Waals surface area (Å²) in [5.74, 6) is 1.50. The fraction of sp³-hybridized carbons (Fsp3) is 0.412. The normalized spacial score (nSPS) is 13.8. The van der Waals surface area contributed by atoms with Crippen LogP contribution in [0.1, 0.15) is 54.2 Å². The standard InChI is InChI=1S/C17H21N3O4/c1-2-3-4-12(18)17-20-13(9-22-17)16(21)19-8-11-5-6-14-15(7-11)24-10-23-14/h5-7,9,12H,2-4,8,10,18H2,1H3,(H,19,21). The minimum absolute atomic E-state index is 0.227. The molecule has 1 aromatic heterocycles. The van der Waals surface area contributed by atoms with Crippen LogP contribution in [0.2, 0.25) is 0 Å². The second-order valence-electron chi connectivity index (χ2n) is 5.69. The van der Waals surface area contributed by atoms with Crippen molar-refractivity contribution in [2.24, 2.45) is 5.73 Å². The van der Waals surface area contributed by atoms with E-state index in [9.17, 15) is 4.79 Å². The van der Waals surface area contributed by atoms with Crippen molar-refractivity contribution in [3.63, 3.8) is 0 Å². The Hall–Kier alpha value is -2.54. The number of nitrogens with two attached hydrogens (primary N) is 1. The number of rotatable bonds is 7. The van der Waals surface area contributed by atoms with Crippen LogP contribution in [-0.4, -0.2) is 17.7 Å². The third-order valence-corrected chi connectivity index (χ3v) is 3.83. The Morgan fingerprint density at radius 1 is 1.38 bits per heavy atom. The molecule has 128 valence electrons. The molecule has 2 heterocycles. The summed E-state index contributed by atoms with van der Waals surface area (Å²) in [6, 6.07) is 5.27. The zero-order valence-corrected chi connectivity index (χ0v) is 13.6. The van der Waals surface area contributed by atoms with Gasteiger partial charge < -0.3 is 24.9 Å². The van der Waals surface area contributed by atoms with Crippen LogP contribution in [0.25, 0.3) is 0 Å². The van der Waals surface area contributed by atoms with Gasteiger partial charge in [0.25, 0.3) is 5.91 Å². The van der Waals surface area contributed by atoms with Gasteiger partial charge in [0.2, 0.25) is 12.7 Å². The van der Waals surface area contributed by atoms with Gasteiger partial charge in [-0.3, -0.25) is 4.79 Å². The highest BCUT2D eigenvalue weighted by Gasteiger charge is 2.17. The molecule has 0 saturated heterocycles. The Bertz CT molecular complexity index is 714. The summed E-state index contributed by atoms with van der Waals surface area (Å²) in [5, 5.41) is 2.80. The molecule has 0 fully saturated rings. The van der Waals surface area contributed by atoms with Crippen LogP contribution in [0.4, 0.5) is 0 Å². The number of nitrogens with one attached hydrogen (secondary N) is 1. The first-order valence-corrected chi connectivity index (χ1v) is 8.05. The van der Waals surface area contributed by atoms with Gasteiger partial charge >= 0.3 is 0 Å². The third kappa shape index (κ3) is 3.68. The number of aromatic nitrogens is 1. The van der Waals surface area contributed by atoms with Gasteiger partial charge in [-0.2, -0.15) is 0 Å². The molecule has 0 radical (unpaired) electrons. The SMILES string of the molecule is CCCCC(N)c1nc(C(=O)NCc2ccc3c(c2)OCO3)co1. The van der Waals surface area contributed by atoms with Crippen molar-refractivity contribution in [2.75, 3.05) is 6.79 Å². The molecular weight excluding hydrogens is 310 g/mol. The average molecular weight is 331 g/mol. The molecule has 1 amide bonds. The van der Waals surface area contributed by atoms with Gasteiger partial charge in [0, 0.05) is 6.54 Å². The lowest BCUT2D eigenvalue weighted by Gasteiger charge is -2.05. The zero-order chi connectivity index (χ0) is 16.9. The zero-order valence-electron chi connectivity index (χ0n) is 13.6. The van der Waals surface area contributed by atoms with Gasteiger partial charge in [-0.25, -0.2) is 4.98 Å². The number of nitrogens with zero attached hydrogens (tertiary/aromatic N) is 1. The van der Waals surface area contributed by atoms with E-state index in [4.69, 9.17) is 19.6 Å². The van der Waals surface area contributed by atoms with Crippen LogP contribution in [0.15, 0.2) is 28.9 Å². The third-order valence-electron chi connectivity index (χ3n) is 3.83. The molecule has 0 saturated carbocycles. The number of hydrogen-bond acceptors (Lipinski definition) is 6. The lowest BCUT2D eigenvalue weighted by atomic mass is 10.1. The van der Waals surface area contributed by atoms with Crippen molar-refractivity contribution in [1.82, 2.24) is 10.3 Å². The topological polar surface area (TPSA) is 99.6 Å². The van der Waals surface area contributed by atoms with Crippen molar-refractivity contribution >= 4 is 5.91 Å². The summed E-state index contributed by atoms with van der Waals surface area (Å²) in [6.07, 6.45) is 4.18. The van der Waals surface area contributed by atoms with E-state index < -0.39 is 0 Å². The van der Waals surface area contributed by atoms with Gasteiger partial charge in [-0.15, -0.1) is 0 Å². The van der Waals surface area contributed by atoms with Gasteiger partial charge in [0.1, 0.15) is 6.26 Å². The van der Waals surface area contributed by atoms with Crippen molar-refractivity contribution in [1.29, 1.82) is 0 Å². The fourth-order valence-corrected chi connectivity index (χ4v) is 2.43. The van der Waals surface area contributed by atoms with Crippen LogP contribution >= 0.6 is 0 Å². The molecule has 1 unspecified atom stereocenters. The van der Waals surface area contributed by atoms with E-state index in [1.807, 2.05) is 18.2 Å². The summed E-state index contributed by atoms with van der Waals surface area (Å²) in [5.41, 5.74) is 7.14. The molecule has 7 nitrogen and oxygen atoms in total. The first kappa shape index (κ1) is 16.3. The van der Waals surface area contributed by atoms with E-state index in [0.717, 1.165) is 24.8 Å². The lowest BCUT2D eigenvalue weighted by Crippen LogP contribution is -2.23. The number of hydrogen-bond donors (Lipinski definition) is 2. The number of carbonyl (C=O) groups excluding carboxylic acids is 1. The first-order chi connectivity index (χ1) is 11.7. The fourth-order valence-electron chi connectivity index (χ4n) is 2.43. The molecule has 2 aromatic rings. The van der Waals surface area contributed by atoms with Crippen LogP contribution in [-0.2, 0) is 6.54 Å². The number of unbranched alkanes of at least 4 members (excludes halogenated alkanes) is 1. The predicted octanol–water partition coefficient (Wildman–Crippen LogP) is 2.52. The molecule has 3 N–H and O–H groups in total. The Labute approximate surface area is 140 Å². The molecule has 1 atom stereocenters. The molecule has 24 heavy (non-hydrogen) atoms. The first-order valence-electron chi connectivity index (χ1n) is 8.05. The summed E-state index contributed by atoms with van der Waals surface area (Å²) in [7, 11) is 0. The number of fused-ring (bicyclic) bond motifs is 1. The largest absolute Gasteiger partial charge is 0.454 e. The molecule has 0 aliphatic carbocycles. The highest BCUT2D eigenvalue weighted by atomic mass is 16.7. The second kappa shape index (κ2) is 7.35. The van der Waals surface area contributed by atoms with Crippen molar-refractivity contribution < 1.29 is 18.7 Å². The van der Waals surface area contributed by atoms with E-state index in [2.05, 4.69) is 17.2 Å².